The van der Waals surface area contributed by atoms with Crippen molar-refractivity contribution in [2.24, 2.45) is 0 Å². The fourth-order valence-electron chi connectivity index (χ4n) is 1.94. The largest absolute Gasteiger partial charge is 0.394 e. The van der Waals surface area contributed by atoms with E-state index >= 15 is 0 Å². The van der Waals surface area contributed by atoms with E-state index in [2.05, 4.69) is 32.9 Å². The third-order valence-electron chi connectivity index (χ3n) is 3.06. The van der Waals surface area contributed by atoms with E-state index in [4.69, 9.17) is 14.9 Å². The smallest absolute Gasteiger partial charge is 0.123 e. The van der Waals surface area contributed by atoms with Crippen molar-refractivity contribution in [3.05, 3.63) is 35.4 Å². The van der Waals surface area contributed by atoms with E-state index in [1.165, 1.54) is 5.56 Å². The Labute approximate surface area is 116 Å². The molecule has 0 aromatic heterocycles. The fraction of sp³-hybridized carbons (Fsp3) is 0.625. The van der Waals surface area contributed by atoms with Crippen molar-refractivity contribution in [1.29, 1.82) is 0 Å². The van der Waals surface area contributed by atoms with Crippen LogP contribution in [-0.4, -0.2) is 17.8 Å². The van der Waals surface area contributed by atoms with Crippen LogP contribution in [0.4, 0.5) is 0 Å². The number of hydrogen-bond acceptors (Lipinski definition) is 3. The van der Waals surface area contributed by atoms with E-state index in [1.807, 2.05) is 26.0 Å². The molecule has 0 spiro atoms. The van der Waals surface area contributed by atoms with Gasteiger partial charge in [0.2, 0.25) is 0 Å². The predicted molar refractivity (Wildman–Crippen MR) is 76.9 cm³/mol. The molecule has 0 aliphatic heterocycles. The van der Waals surface area contributed by atoms with Crippen LogP contribution in [0.15, 0.2) is 24.3 Å². The predicted octanol–water partition coefficient (Wildman–Crippen LogP) is 3.55. The summed E-state index contributed by atoms with van der Waals surface area (Å²) in [5.74, 6) is 0. The highest BCUT2D eigenvalue weighted by Crippen LogP contribution is 2.34. The molecule has 1 unspecified atom stereocenters. The minimum absolute atomic E-state index is 0.0415. The number of hydrogen-bond donors (Lipinski definition) is 1. The summed E-state index contributed by atoms with van der Waals surface area (Å²) in [5.41, 5.74) is 1.82. The first-order valence-electron chi connectivity index (χ1n) is 6.74. The molecule has 0 heterocycles. The molecule has 0 radical (unpaired) electrons. The van der Waals surface area contributed by atoms with Crippen molar-refractivity contribution in [2.45, 2.75) is 58.7 Å². The van der Waals surface area contributed by atoms with Crippen molar-refractivity contribution in [3.8, 4) is 0 Å². The summed E-state index contributed by atoms with van der Waals surface area (Å²) >= 11 is 0. The normalized spacial score (nSPS) is 14.5. The summed E-state index contributed by atoms with van der Waals surface area (Å²) in [6.07, 6.45) is -0.332. The molecule has 3 nitrogen and oxygen atoms in total. The Bertz CT molecular complexity index is 405. The van der Waals surface area contributed by atoms with E-state index < -0.39 is 5.60 Å². The molecule has 0 saturated carbocycles. The highest BCUT2D eigenvalue weighted by Gasteiger charge is 2.30. The van der Waals surface area contributed by atoms with Gasteiger partial charge in [-0.1, -0.05) is 45.0 Å². The molecule has 0 aliphatic rings. The molecule has 1 aromatic carbocycles. The second kappa shape index (κ2) is 6.04. The van der Waals surface area contributed by atoms with Crippen molar-refractivity contribution in [2.75, 3.05) is 6.61 Å². The summed E-state index contributed by atoms with van der Waals surface area (Å²) in [4.78, 5) is 10.8. The Hall–Kier alpha value is -0.900. The third kappa shape index (κ3) is 4.30. The molecule has 0 bridgehead atoms. The van der Waals surface area contributed by atoms with Crippen LogP contribution in [0.5, 0.6) is 0 Å². The van der Waals surface area contributed by atoms with E-state index in [-0.39, 0.29) is 18.1 Å². The second-order valence-corrected chi connectivity index (χ2v) is 6.48. The molecular formula is C16H26O3. The van der Waals surface area contributed by atoms with Crippen LogP contribution < -0.4 is 0 Å². The first kappa shape index (κ1) is 16.2. The van der Waals surface area contributed by atoms with Gasteiger partial charge >= 0.3 is 0 Å². The Balaban J connectivity index is 3.01. The second-order valence-electron chi connectivity index (χ2n) is 6.48. The summed E-state index contributed by atoms with van der Waals surface area (Å²) in [6.45, 7) is 12.2. The molecule has 3 heteroatoms. The summed E-state index contributed by atoms with van der Waals surface area (Å²) in [6, 6.07) is 8.23. The van der Waals surface area contributed by atoms with Gasteiger partial charge < -0.3 is 5.11 Å². The van der Waals surface area contributed by atoms with Crippen LogP contribution >= 0.6 is 0 Å². The summed E-state index contributed by atoms with van der Waals surface area (Å²) in [5, 5.41) is 8.98. The Morgan fingerprint density at radius 1 is 1.05 bits per heavy atom. The summed E-state index contributed by atoms with van der Waals surface area (Å²) < 4.78 is 0. The molecule has 1 rings (SSSR count). The molecule has 19 heavy (non-hydrogen) atoms. The molecule has 0 fully saturated rings. The van der Waals surface area contributed by atoms with Gasteiger partial charge in [-0.3, -0.25) is 0 Å². The Kier molecular flexibility index (Phi) is 5.13. The van der Waals surface area contributed by atoms with Gasteiger partial charge in [-0.25, -0.2) is 9.78 Å². The lowest BCUT2D eigenvalue weighted by molar-refractivity contribution is -0.382. The standard InChI is InChI=1S/C16H26O3/c1-12(11-17)18-19-16(5,6)14-10-8-7-9-13(14)15(2,3)4/h7-10,12,17H,11H2,1-6H3. The van der Waals surface area contributed by atoms with Crippen LogP contribution in [0.3, 0.4) is 0 Å². The average molecular weight is 266 g/mol. The highest BCUT2D eigenvalue weighted by molar-refractivity contribution is 5.36. The van der Waals surface area contributed by atoms with Crippen molar-refractivity contribution < 1.29 is 14.9 Å². The lowest BCUT2D eigenvalue weighted by Gasteiger charge is -2.32. The first-order chi connectivity index (χ1) is 8.68. The molecule has 1 aromatic rings. The zero-order valence-electron chi connectivity index (χ0n) is 12.9. The maximum Gasteiger partial charge on any atom is 0.123 e. The molecule has 0 aliphatic carbocycles. The van der Waals surface area contributed by atoms with Gasteiger partial charge in [-0.05, 0) is 37.3 Å². The molecule has 108 valence electrons. The maximum absolute atomic E-state index is 8.98. The topological polar surface area (TPSA) is 38.7 Å². The third-order valence-corrected chi connectivity index (χ3v) is 3.06. The van der Waals surface area contributed by atoms with Gasteiger partial charge in [0.1, 0.15) is 11.7 Å². The van der Waals surface area contributed by atoms with E-state index in [0.29, 0.717) is 0 Å². The molecule has 0 saturated heterocycles. The van der Waals surface area contributed by atoms with E-state index in [9.17, 15) is 0 Å². The van der Waals surface area contributed by atoms with Crippen LogP contribution in [-0.2, 0) is 20.8 Å². The van der Waals surface area contributed by atoms with Gasteiger partial charge in [0.15, 0.2) is 0 Å². The van der Waals surface area contributed by atoms with Crippen molar-refractivity contribution in [3.63, 3.8) is 0 Å². The van der Waals surface area contributed by atoms with Crippen molar-refractivity contribution in [1.82, 2.24) is 0 Å². The lowest BCUT2D eigenvalue weighted by Crippen LogP contribution is -2.29. The van der Waals surface area contributed by atoms with Gasteiger partial charge in [0.05, 0.1) is 6.61 Å². The monoisotopic (exact) mass is 266 g/mol. The molecule has 1 atom stereocenters. The van der Waals surface area contributed by atoms with Gasteiger partial charge in [-0.2, -0.15) is 0 Å². The minimum atomic E-state index is -0.562. The van der Waals surface area contributed by atoms with Crippen LogP contribution in [0.25, 0.3) is 0 Å². The SMILES string of the molecule is CC(CO)OOC(C)(C)c1ccccc1C(C)(C)C. The van der Waals surface area contributed by atoms with Gasteiger partial charge in [0, 0.05) is 0 Å². The lowest BCUT2D eigenvalue weighted by atomic mass is 9.79. The van der Waals surface area contributed by atoms with Gasteiger partial charge in [0.25, 0.3) is 0 Å². The average Bonchev–Trinajstić information content (AvgIpc) is 2.35. The van der Waals surface area contributed by atoms with Crippen LogP contribution in [0.2, 0.25) is 0 Å². The molecular weight excluding hydrogens is 240 g/mol. The minimum Gasteiger partial charge on any atom is -0.394 e. The molecule has 0 amide bonds. The Morgan fingerprint density at radius 3 is 2.05 bits per heavy atom. The van der Waals surface area contributed by atoms with Gasteiger partial charge in [-0.15, -0.1) is 0 Å². The fourth-order valence-corrected chi connectivity index (χ4v) is 1.94. The quantitative estimate of drug-likeness (QED) is 0.654. The summed E-state index contributed by atoms with van der Waals surface area (Å²) in [7, 11) is 0. The number of aliphatic hydroxyl groups is 1. The number of aliphatic hydroxyl groups excluding tert-OH is 1. The zero-order chi connectivity index (χ0) is 14.7. The maximum atomic E-state index is 8.98. The zero-order valence-corrected chi connectivity index (χ0v) is 12.9. The Morgan fingerprint density at radius 2 is 1.58 bits per heavy atom. The highest BCUT2D eigenvalue weighted by atomic mass is 17.2. The number of rotatable bonds is 5. The van der Waals surface area contributed by atoms with Crippen LogP contribution in [0, 0.1) is 0 Å². The van der Waals surface area contributed by atoms with Crippen molar-refractivity contribution >= 4 is 0 Å². The first-order valence-corrected chi connectivity index (χ1v) is 6.74. The molecule has 1 N–H and O–H groups in total. The van der Waals surface area contributed by atoms with E-state index in [0.717, 1.165) is 5.56 Å². The number of benzene rings is 1. The van der Waals surface area contributed by atoms with E-state index in [1.54, 1.807) is 6.92 Å². The van der Waals surface area contributed by atoms with Crippen LogP contribution in [0.1, 0.15) is 52.7 Å².